The van der Waals surface area contributed by atoms with Gasteiger partial charge in [0.05, 0.1) is 39.9 Å². The number of esters is 1. The van der Waals surface area contributed by atoms with Gasteiger partial charge in [0.2, 0.25) is 0 Å². The van der Waals surface area contributed by atoms with E-state index in [0.29, 0.717) is 11.3 Å². The summed E-state index contributed by atoms with van der Waals surface area (Å²) in [5.74, 6) is -0.926. The van der Waals surface area contributed by atoms with Crippen molar-refractivity contribution in [1.29, 1.82) is 5.26 Å². The number of nitro benzene ring substituents is 1. The molecule has 1 N–H and O–H groups in total. The van der Waals surface area contributed by atoms with Crippen molar-refractivity contribution >= 4 is 52.5 Å². The fourth-order valence-corrected chi connectivity index (χ4v) is 3.56. The van der Waals surface area contributed by atoms with Gasteiger partial charge in [-0.3, -0.25) is 14.9 Å². The first-order valence-electron chi connectivity index (χ1n) is 10.9. The van der Waals surface area contributed by atoms with Crippen LogP contribution >= 0.6 is 23.2 Å². The number of nitrogens with one attached hydrogen (secondary N) is 1. The summed E-state index contributed by atoms with van der Waals surface area (Å²) in [5, 5.41) is 23.0. The third kappa shape index (κ3) is 6.79. The van der Waals surface area contributed by atoms with Gasteiger partial charge in [-0.25, -0.2) is 4.79 Å². The Morgan fingerprint density at radius 2 is 1.82 bits per heavy atom. The van der Waals surface area contributed by atoms with Crippen LogP contribution in [0.5, 0.6) is 17.2 Å². The fourth-order valence-electron chi connectivity index (χ4n) is 3.14. The molecule has 0 aromatic heterocycles. The van der Waals surface area contributed by atoms with Crippen molar-refractivity contribution in [3.8, 4) is 23.3 Å². The molecule has 194 valence electrons. The highest BCUT2D eigenvalue weighted by atomic mass is 35.5. The molecule has 0 saturated carbocycles. The lowest BCUT2D eigenvalue weighted by molar-refractivity contribution is -0.384. The molecule has 3 rings (SSSR count). The van der Waals surface area contributed by atoms with E-state index in [4.69, 9.17) is 37.4 Å². The van der Waals surface area contributed by atoms with Crippen LogP contribution in [0, 0.1) is 21.4 Å². The van der Waals surface area contributed by atoms with Gasteiger partial charge in [-0.2, -0.15) is 5.26 Å². The lowest BCUT2D eigenvalue weighted by atomic mass is 10.1. The van der Waals surface area contributed by atoms with Crippen LogP contribution in [0.1, 0.15) is 22.8 Å². The summed E-state index contributed by atoms with van der Waals surface area (Å²) < 4.78 is 16.1. The molecule has 1 amide bonds. The smallest absolute Gasteiger partial charge is 0.343 e. The number of amides is 1. The number of methoxy groups -OCH3 is 1. The van der Waals surface area contributed by atoms with Gasteiger partial charge in [0.25, 0.3) is 11.6 Å². The van der Waals surface area contributed by atoms with Gasteiger partial charge in [0.15, 0.2) is 11.5 Å². The van der Waals surface area contributed by atoms with Crippen LogP contribution in [-0.2, 0) is 4.79 Å². The van der Waals surface area contributed by atoms with E-state index in [-0.39, 0.29) is 50.7 Å². The Morgan fingerprint density at radius 1 is 1.11 bits per heavy atom. The average Bonchev–Trinajstić information content (AvgIpc) is 2.90. The zero-order valence-corrected chi connectivity index (χ0v) is 21.5. The molecule has 0 aliphatic heterocycles. The van der Waals surface area contributed by atoms with Crippen LogP contribution in [0.3, 0.4) is 0 Å². The van der Waals surface area contributed by atoms with Gasteiger partial charge in [-0.1, -0.05) is 23.2 Å². The van der Waals surface area contributed by atoms with Crippen molar-refractivity contribution in [3.05, 3.63) is 91.5 Å². The van der Waals surface area contributed by atoms with Gasteiger partial charge in [0.1, 0.15) is 17.4 Å². The SMILES string of the molecule is CCOc1cc(/C=C(\C#N)C(=O)Nc2cc([N+](=O)[O-])ccc2Cl)cc(Cl)c1OC(=O)c1ccc(OC)cc1. The topological polar surface area (TPSA) is 141 Å². The second-order valence-corrected chi connectivity index (χ2v) is 8.24. The largest absolute Gasteiger partial charge is 0.497 e. The Balaban J connectivity index is 1.89. The number of nitro groups is 1. The Bertz CT molecular complexity index is 1460. The summed E-state index contributed by atoms with van der Waals surface area (Å²) in [5.41, 5.74) is -0.147. The van der Waals surface area contributed by atoms with Crippen molar-refractivity contribution in [2.24, 2.45) is 0 Å². The summed E-state index contributed by atoms with van der Waals surface area (Å²) >= 11 is 12.4. The van der Waals surface area contributed by atoms with Gasteiger partial charge in [0, 0.05) is 12.1 Å². The predicted octanol–water partition coefficient (Wildman–Crippen LogP) is 6.07. The molecule has 0 bridgehead atoms. The minimum atomic E-state index is -0.862. The maximum atomic E-state index is 12.7. The molecule has 0 heterocycles. The quantitative estimate of drug-likeness (QED) is 0.0836. The minimum Gasteiger partial charge on any atom is -0.497 e. The second kappa shape index (κ2) is 12.6. The summed E-state index contributed by atoms with van der Waals surface area (Å²) in [6.45, 7) is 1.91. The van der Waals surface area contributed by atoms with E-state index in [9.17, 15) is 25.0 Å². The van der Waals surface area contributed by atoms with Gasteiger partial charge in [-0.15, -0.1) is 0 Å². The number of hydrogen-bond donors (Lipinski definition) is 1. The zero-order valence-electron chi connectivity index (χ0n) is 20.0. The molecule has 38 heavy (non-hydrogen) atoms. The molecule has 0 atom stereocenters. The van der Waals surface area contributed by atoms with E-state index in [2.05, 4.69) is 5.32 Å². The molecule has 0 spiro atoms. The van der Waals surface area contributed by atoms with Crippen molar-refractivity contribution in [3.63, 3.8) is 0 Å². The molecule has 0 fully saturated rings. The monoisotopic (exact) mass is 555 g/mol. The number of hydrogen-bond acceptors (Lipinski definition) is 8. The molecular formula is C26H19Cl2N3O7. The number of ether oxygens (including phenoxy) is 3. The fraction of sp³-hybridized carbons (Fsp3) is 0.115. The van der Waals surface area contributed by atoms with E-state index in [1.54, 1.807) is 25.1 Å². The molecule has 0 aliphatic carbocycles. The van der Waals surface area contributed by atoms with Crippen molar-refractivity contribution in [1.82, 2.24) is 0 Å². The standard InChI is InChI=1S/C26H19Cl2N3O7/c1-3-37-23-12-15(11-21(28)24(23)38-26(33)16-4-7-19(36-2)8-5-16)10-17(14-29)25(32)30-22-13-18(31(34)35)6-9-20(22)27/h4-13H,3H2,1-2H3,(H,30,32)/b17-10+. The van der Waals surface area contributed by atoms with E-state index < -0.39 is 16.8 Å². The number of halogens is 2. The van der Waals surface area contributed by atoms with Crippen LogP contribution in [0.15, 0.2) is 60.2 Å². The first-order chi connectivity index (χ1) is 18.2. The Hall–Kier alpha value is -4.59. The lowest BCUT2D eigenvalue weighted by Crippen LogP contribution is -2.14. The first-order valence-corrected chi connectivity index (χ1v) is 11.6. The number of non-ortho nitro benzene ring substituents is 1. The highest BCUT2D eigenvalue weighted by molar-refractivity contribution is 6.34. The second-order valence-electron chi connectivity index (χ2n) is 7.43. The molecule has 10 nitrogen and oxygen atoms in total. The summed E-state index contributed by atoms with van der Waals surface area (Å²) in [6, 6.07) is 14.4. The third-order valence-electron chi connectivity index (χ3n) is 4.94. The van der Waals surface area contributed by atoms with Gasteiger partial charge in [-0.05, 0) is 61.0 Å². The number of rotatable bonds is 9. The highest BCUT2D eigenvalue weighted by Crippen LogP contribution is 2.38. The van der Waals surface area contributed by atoms with E-state index in [1.165, 1.54) is 49.6 Å². The van der Waals surface area contributed by atoms with Gasteiger partial charge < -0.3 is 19.5 Å². The highest BCUT2D eigenvalue weighted by Gasteiger charge is 2.19. The van der Waals surface area contributed by atoms with Crippen LogP contribution in [0.2, 0.25) is 10.0 Å². The van der Waals surface area contributed by atoms with E-state index in [0.717, 1.165) is 6.07 Å². The lowest BCUT2D eigenvalue weighted by Gasteiger charge is -2.14. The zero-order chi connectivity index (χ0) is 27.8. The number of benzene rings is 3. The Labute approximate surface area is 227 Å². The molecular weight excluding hydrogens is 537 g/mol. The average molecular weight is 556 g/mol. The van der Waals surface area contributed by atoms with Crippen LogP contribution in [0.4, 0.5) is 11.4 Å². The molecule has 0 unspecified atom stereocenters. The molecule has 12 heteroatoms. The minimum absolute atomic E-state index is 0.0107. The number of nitrogens with zero attached hydrogens (tertiary/aromatic N) is 2. The summed E-state index contributed by atoms with van der Waals surface area (Å²) in [7, 11) is 1.50. The Morgan fingerprint density at radius 3 is 2.42 bits per heavy atom. The van der Waals surface area contributed by atoms with Crippen LogP contribution in [-0.4, -0.2) is 30.5 Å². The summed E-state index contributed by atoms with van der Waals surface area (Å²) in [4.78, 5) is 35.7. The third-order valence-corrected chi connectivity index (χ3v) is 5.55. The normalized spacial score (nSPS) is 10.8. The molecule has 0 radical (unpaired) electrons. The first kappa shape index (κ1) is 28.0. The Kier molecular flexibility index (Phi) is 9.27. The molecule has 0 aliphatic rings. The number of anilines is 1. The number of nitriles is 1. The van der Waals surface area contributed by atoms with Crippen molar-refractivity contribution < 1.29 is 28.7 Å². The maximum absolute atomic E-state index is 12.7. The van der Waals surface area contributed by atoms with Crippen LogP contribution < -0.4 is 19.5 Å². The molecule has 3 aromatic carbocycles. The maximum Gasteiger partial charge on any atom is 0.343 e. The number of carbonyl (C=O) groups is 2. The molecule has 0 saturated heterocycles. The molecule has 3 aromatic rings. The van der Waals surface area contributed by atoms with E-state index in [1.807, 2.05) is 0 Å². The van der Waals surface area contributed by atoms with Gasteiger partial charge >= 0.3 is 5.97 Å². The van der Waals surface area contributed by atoms with Crippen molar-refractivity contribution in [2.75, 3.05) is 19.0 Å². The van der Waals surface area contributed by atoms with E-state index >= 15 is 0 Å². The number of carbonyl (C=O) groups excluding carboxylic acids is 2. The predicted molar refractivity (Wildman–Crippen MR) is 141 cm³/mol. The van der Waals surface area contributed by atoms with Crippen LogP contribution in [0.25, 0.3) is 6.08 Å². The summed E-state index contributed by atoms with van der Waals surface area (Å²) in [6.07, 6.45) is 1.23. The van der Waals surface area contributed by atoms with Crippen molar-refractivity contribution in [2.45, 2.75) is 6.92 Å².